The summed E-state index contributed by atoms with van der Waals surface area (Å²) in [4.78, 5) is 0. The van der Waals surface area contributed by atoms with E-state index in [1.54, 1.807) is 6.20 Å². The molecule has 0 unspecified atom stereocenters. The summed E-state index contributed by atoms with van der Waals surface area (Å²) in [5, 5.41) is 4.17. The number of aromatic nitrogens is 2. The van der Waals surface area contributed by atoms with Crippen LogP contribution in [0.15, 0.2) is 47.2 Å². The molecule has 0 bridgehead atoms. The Kier molecular flexibility index (Phi) is 6.24. The van der Waals surface area contributed by atoms with Crippen molar-refractivity contribution in [3.05, 3.63) is 52.8 Å². The van der Waals surface area contributed by atoms with Crippen LogP contribution in [0.25, 0.3) is 0 Å². The molecule has 0 N–H and O–H groups in total. The van der Waals surface area contributed by atoms with Gasteiger partial charge in [0.15, 0.2) is 0 Å². The van der Waals surface area contributed by atoms with Crippen molar-refractivity contribution in [3.63, 3.8) is 0 Å². The summed E-state index contributed by atoms with van der Waals surface area (Å²) in [6.07, 6.45) is 3.78. The highest BCUT2D eigenvalue weighted by Gasteiger charge is 2.03. The standard InChI is InChI=1S/C15H19BrN2O2/c1-13(11-19-12-14-5-3-2-4-6-14)20-8-7-18-10-15(16)9-17-18/h2-6,9-10,13H,7-8,11-12H2,1H3/t13-/m1/s1. The molecule has 1 heterocycles. The molecule has 4 nitrogen and oxygen atoms in total. The Labute approximate surface area is 127 Å². The van der Waals surface area contributed by atoms with E-state index < -0.39 is 0 Å². The maximum Gasteiger partial charge on any atom is 0.0781 e. The van der Waals surface area contributed by atoms with Crippen molar-refractivity contribution in [2.45, 2.75) is 26.2 Å². The smallest absolute Gasteiger partial charge is 0.0781 e. The lowest BCUT2D eigenvalue weighted by Gasteiger charge is -2.13. The zero-order chi connectivity index (χ0) is 14.2. The second kappa shape index (κ2) is 8.19. The van der Waals surface area contributed by atoms with Crippen molar-refractivity contribution >= 4 is 15.9 Å². The third-order valence-corrected chi connectivity index (χ3v) is 3.20. The lowest BCUT2D eigenvalue weighted by atomic mass is 10.2. The molecule has 1 aromatic carbocycles. The number of halogens is 1. The van der Waals surface area contributed by atoms with Crippen LogP contribution in [0.5, 0.6) is 0 Å². The molecule has 0 amide bonds. The molecule has 0 radical (unpaired) electrons. The molecular weight excluding hydrogens is 320 g/mol. The van der Waals surface area contributed by atoms with E-state index in [-0.39, 0.29) is 6.10 Å². The average molecular weight is 339 g/mol. The summed E-state index contributed by atoms with van der Waals surface area (Å²) in [6, 6.07) is 10.1. The number of ether oxygens (including phenoxy) is 2. The summed E-state index contributed by atoms with van der Waals surface area (Å²) in [7, 11) is 0. The van der Waals surface area contributed by atoms with Crippen molar-refractivity contribution in [3.8, 4) is 0 Å². The van der Waals surface area contributed by atoms with E-state index >= 15 is 0 Å². The maximum absolute atomic E-state index is 5.69. The summed E-state index contributed by atoms with van der Waals surface area (Å²) in [5.74, 6) is 0. The molecule has 0 saturated heterocycles. The number of hydrogen-bond donors (Lipinski definition) is 0. The van der Waals surface area contributed by atoms with Gasteiger partial charge in [0.2, 0.25) is 0 Å². The molecule has 2 rings (SSSR count). The van der Waals surface area contributed by atoms with Crippen LogP contribution in [0.1, 0.15) is 12.5 Å². The predicted octanol–water partition coefficient (Wildman–Crippen LogP) is 3.27. The molecule has 20 heavy (non-hydrogen) atoms. The zero-order valence-corrected chi connectivity index (χ0v) is 13.1. The van der Waals surface area contributed by atoms with E-state index in [9.17, 15) is 0 Å². The highest BCUT2D eigenvalue weighted by atomic mass is 79.9. The van der Waals surface area contributed by atoms with Crippen molar-refractivity contribution < 1.29 is 9.47 Å². The molecule has 0 aliphatic heterocycles. The molecule has 2 aromatic rings. The van der Waals surface area contributed by atoms with E-state index in [0.29, 0.717) is 19.8 Å². The number of rotatable bonds is 8. The van der Waals surface area contributed by atoms with Crippen LogP contribution in [-0.2, 0) is 22.6 Å². The first kappa shape index (κ1) is 15.2. The molecular formula is C15H19BrN2O2. The first-order valence-electron chi connectivity index (χ1n) is 6.65. The molecule has 0 saturated carbocycles. The third-order valence-electron chi connectivity index (χ3n) is 2.79. The highest BCUT2D eigenvalue weighted by molar-refractivity contribution is 9.10. The topological polar surface area (TPSA) is 36.3 Å². The van der Waals surface area contributed by atoms with Crippen LogP contribution in [0.4, 0.5) is 0 Å². The normalized spacial score (nSPS) is 12.5. The Morgan fingerprint density at radius 1 is 1.30 bits per heavy atom. The van der Waals surface area contributed by atoms with E-state index in [1.165, 1.54) is 5.56 Å². The van der Waals surface area contributed by atoms with Gasteiger partial charge in [-0.15, -0.1) is 0 Å². The van der Waals surface area contributed by atoms with E-state index in [4.69, 9.17) is 9.47 Å². The average Bonchev–Trinajstić information content (AvgIpc) is 2.86. The summed E-state index contributed by atoms with van der Waals surface area (Å²) < 4.78 is 14.2. The Morgan fingerprint density at radius 2 is 2.10 bits per heavy atom. The van der Waals surface area contributed by atoms with Crippen LogP contribution < -0.4 is 0 Å². The quantitative estimate of drug-likeness (QED) is 0.741. The fourth-order valence-corrected chi connectivity index (χ4v) is 2.10. The lowest BCUT2D eigenvalue weighted by Crippen LogP contribution is -2.19. The van der Waals surface area contributed by atoms with E-state index in [2.05, 4.69) is 33.2 Å². The lowest BCUT2D eigenvalue weighted by molar-refractivity contribution is -0.0151. The fraction of sp³-hybridized carbons (Fsp3) is 0.400. The van der Waals surface area contributed by atoms with E-state index in [1.807, 2.05) is 36.0 Å². The van der Waals surface area contributed by atoms with Crippen LogP contribution in [0.2, 0.25) is 0 Å². The Hall–Kier alpha value is -1.17. The maximum atomic E-state index is 5.69. The SMILES string of the molecule is C[C@H](COCc1ccccc1)OCCn1cc(Br)cn1. The molecule has 5 heteroatoms. The van der Waals surface area contributed by atoms with Gasteiger partial charge < -0.3 is 9.47 Å². The second-order valence-electron chi connectivity index (χ2n) is 4.60. The Bertz CT molecular complexity index is 502. The van der Waals surface area contributed by atoms with Crippen molar-refractivity contribution in [1.29, 1.82) is 0 Å². The summed E-state index contributed by atoms with van der Waals surface area (Å²) in [5.41, 5.74) is 1.18. The van der Waals surface area contributed by atoms with Gasteiger partial charge in [-0.1, -0.05) is 30.3 Å². The number of nitrogens with zero attached hydrogens (tertiary/aromatic N) is 2. The van der Waals surface area contributed by atoms with E-state index in [0.717, 1.165) is 11.0 Å². The number of hydrogen-bond acceptors (Lipinski definition) is 3. The van der Waals surface area contributed by atoms with Gasteiger partial charge in [-0.05, 0) is 28.4 Å². The Morgan fingerprint density at radius 3 is 2.80 bits per heavy atom. The highest BCUT2D eigenvalue weighted by Crippen LogP contribution is 2.06. The molecule has 0 fully saturated rings. The van der Waals surface area contributed by atoms with Crippen LogP contribution >= 0.6 is 15.9 Å². The largest absolute Gasteiger partial charge is 0.374 e. The van der Waals surface area contributed by atoms with Crippen LogP contribution in [-0.4, -0.2) is 29.1 Å². The van der Waals surface area contributed by atoms with Gasteiger partial charge in [-0.2, -0.15) is 5.10 Å². The van der Waals surface area contributed by atoms with Gasteiger partial charge in [0.05, 0.1) is 43.1 Å². The third kappa shape index (κ3) is 5.45. The first-order valence-corrected chi connectivity index (χ1v) is 7.44. The van der Waals surface area contributed by atoms with Gasteiger partial charge in [0.25, 0.3) is 0 Å². The molecule has 0 aliphatic rings. The van der Waals surface area contributed by atoms with Gasteiger partial charge in [-0.3, -0.25) is 4.68 Å². The molecule has 0 aliphatic carbocycles. The summed E-state index contributed by atoms with van der Waals surface area (Å²) >= 11 is 3.37. The van der Waals surface area contributed by atoms with Gasteiger partial charge in [-0.25, -0.2) is 0 Å². The summed E-state index contributed by atoms with van der Waals surface area (Å²) in [6.45, 7) is 4.61. The molecule has 0 spiro atoms. The predicted molar refractivity (Wildman–Crippen MR) is 81.4 cm³/mol. The first-order chi connectivity index (χ1) is 9.74. The molecule has 108 valence electrons. The van der Waals surface area contributed by atoms with Gasteiger partial charge in [0, 0.05) is 6.20 Å². The van der Waals surface area contributed by atoms with Gasteiger partial charge in [0.1, 0.15) is 0 Å². The molecule has 1 atom stereocenters. The van der Waals surface area contributed by atoms with Crippen molar-refractivity contribution in [2.75, 3.05) is 13.2 Å². The van der Waals surface area contributed by atoms with Crippen molar-refractivity contribution in [2.24, 2.45) is 0 Å². The Balaban J connectivity index is 1.57. The zero-order valence-electron chi connectivity index (χ0n) is 11.5. The number of benzene rings is 1. The van der Waals surface area contributed by atoms with Crippen LogP contribution in [0, 0.1) is 0 Å². The fourth-order valence-electron chi connectivity index (χ4n) is 1.77. The van der Waals surface area contributed by atoms with Gasteiger partial charge >= 0.3 is 0 Å². The minimum absolute atomic E-state index is 0.0812. The monoisotopic (exact) mass is 338 g/mol. The van der Waals surface area contributed by atoms with Crippen LogP contribution in [0.3, 0.4) is 0 Å². The molecule has 1 aromatic heterocycles. The minimum atomic E-state index is 0.0812. The minimum Gasteiger partial charge on any atom is -0.374 e. The second-order valence-corrected chi connectivity index (χ2v) is 5.52. The van der Waals surface area contributed by atoms with Crippen molar-refractivity contribution in [1.82, 2.24) is 9.78 Å².